The third-order valence-electron chi connectivity index (χ3n) is 2.39. The van der Waals surface area contributed by atoms with Crippen molar-refractivity contribution in [2.75, 3.05) is 5.32 Å². The summed E-state index contributed by atoms with van der Waals surface area (Å²) in [6.07, 6.45) is 3.51. The number of anilines is 1. The van der Waals surface area contributed by atoms with E-state index in [1.165, 1.54) is 0 Å². The molecule has 0 radical (unpaired) electrons. The highest BCUT2D eigenvalue weighted by Crippen LogP contribution is 2.11. The number of nitrogens with one attached hydrogen (secondary N) is 1. The Hall–Kier alpha value is -1.63. The smallest absolute Gasteiger partial charge is 0.230 e. The standard InChI is InChI=1S/C11H13BrN4O2/c1-7(5-16-6-9(12)4-13-16)11(17)14-10-3-8(2)18-15-10/h3-4,6-7H,5H2,1-2H3,(H,14,15,17)/t7-/m0/s1. The molecule has 0 bridgehead atoms. The van der Waals surface area contributed by atoms with E-state index in [1.54, 1.807) is 23.9 Å². The van der Waals surface area contributed by atoms with Crippen LogP contribution in [0.5, 0.6) is 0 Å². The van der Waals surface area contributed by atoms with Gasteiger partial charge in [0.25, 0.3) is 0 Å². The van der Waals surface area contributed by atoms with Crippen LogP contribution in [0.2, 0.25) is 0 Å². The van der Waals surface area contributed by atoms with Gasteiger partial charge >= 0.3 is 0 Å². The number of aromatic nitrogens is 3. The van der Waals surface area contributed by atoms with Gasteiger partial charge in [-0.3, -0.25) is 9.48 Å². The van der Waals surface area contributed by atoms with Crippen molar-refractivity contribution in [1.82, 2.24) is 14.9 Å². The molecule has 2 rings (SSSR count). The van der Waals surface area contributed by atoms with Gasteiger partial charge in [-0.2, -0.15) is 5.10 Å². The van der Waals surface area contributed by atoms with Gasteiger partial charge in [-0.15, -0.1) is 0 Å². The minimum atomic E-state index is -0.214. The second-order valence-corrected chi connectivity index (χ2v) is 5.01. The number of nitrogens with zero attached hydrogens (tertiary/aromatic N) is 3. The van der Waals surface area contributed by atoms with Crippen LogP contribution in [0, 0.1) is 12.8 Å². The van der Waals surface area contributed by atoms with Crippen molar-refractivity contribution in [2.24, 2.45) is 5.92 Å². The predicted molar refractivity (Wildman–Crippen MR) is 69.0 cm³/mol. The zero-order valence-electron chi connectivity index (χ0n) is 10.1. The minimum absolute atomic E-state index is 0.116. The molecule has 18 heavy (non-hydrogen) atoms. The van der Waals surface area contributed by atoms with Crippen LogP contribution in [-0.4, -0.2) is 20.8 Å². The normalized spacial score (nSPS) is 12.4. The Bertz CT molecular complexity index is 549. The lowest BCUT2D eigenvalue weighted by molar-refractivity contribution is -0.119. The highest BCUT2D eigenvalue weighted by molar-refractivity contribution is 9.10. The first kappa shape index (κ1) is 12.8. The number of carbonyl (C=O) groups excluding carboxylic acids is 1. The second-order valence-electron chi connectivity index (χ2n) is 4.09. The maximum Gasteiger partial charge on any atom is 0.230 e. The van der Waals surface area contributed by atoms with E-state index in [-0.39, 0.29) is 11.8 Å². The van der Waals surface area contributed by atoms with Gasteiger partial charge < -0.3 is 9.84 Å². The van der Waals surface area contributed by atoms with Crippen molar-refractivity contribution in [3.63, 3.8) is 0 Å². The number of rotatable bonds is 4. The number of hydrogen-bond acceptors (Lipinski definition) is 4. The van der Waals surface area contributed by atoms with Gasteiger partial charge in [0.05, 0.1) is 23.1 Å². The van der Waals surface area contributed by atoms with Crippen molar-refractivity contribution in [2.45, 2.75) is 20.4 Å². The minimum Gasteiger partial charge on any atom is -0.360 e. The summed E-state index contributed by atoms with van der Waals surface area (Å²) in [7, 11) is 0. The Morgan fingerprint density at radius 1 is 1.67 bits per heavy atom. The Morgan fingerprint density at radius 3 is 3.00 bits per heavy atom. The molecular weight excluding hydrogens is 300 g/mol. The molecule has 0 aromatic carbocycles. The summed E-state index contributed by atoms with van der Waals surface area (Å²) in [5, 5.41) is 10.5. The lowest BCUT2D eigenvalue weighted by Crippen LogP contribution is -2.24. The van der Waals surface area contributed by atoms with E-state index in [2.05, 4.69) is 31.5 Å². The van der Waals surface area contributed by atoms with Crippen LogP contribution in [0.15, 0.2) is 27.5 Å². The van der Waals surface area contributed by atoms with Gasteiger partial charge in [0, 0.05) is 12.3 Å². The summed E-state index contributed by atoms with van der Waals surface area (Å²) in [6.45, 7) is 4.11. The fraction of sp³-hybridized carbons (Fsp3) is 0.364. The largest absolute Gasteiger partial charge is 0.360 e. The van der Waals surface area contributed by atoms with Gasteiger partial charge in [0.15, 0.2) is 5.82 Å². The van der Waals surface area contributed by atoms with Crippen LogP contribution in [0.4, 0.5) is 5.82 Å². The summed E-state index contributed by atoms with van der Waals surface area (Å²) in [4.78, 5) is 11.9. The number of amides is 1. The second kappa shape index (κ2) is 5.34. The summed E-state index contributed by atoms with van der Waals surface area (Å²) < 4.78 is 7.48. The van der Waals surface area contributed by atoms with E-state index in [1.807, 2.05) is 13.1 Å². The molecule has 1 amide bonds. The van der Waals surface area contributed by atoms with Crippen molar-refractivity contribution in [1.29, 1.82) is 0 Å². The van der Waals surface area contributed by atoms with Crippen molar-refractivity contribution in [3.8, 4) is 0 Å². The maximum absolute atomic E-state index is 11.9. The van der Waals surface area contributed by atoms with E-state index in [0.717, 1.165) is 4.47 Å². The maximum atomic E-state index is 11.9. The third-order valence-corrected chi connectivity index (χ3v) is 2.80. The van der Waals surface area contributed by atoms with E-state index in [0.29, 0.717) is 18.1 Å². The topological polar surface area (TPSA) is 73.0 Å². The molecule has 1 atom stereocenters. The first-order valence-electron chi connectivity index (χ1n) is 5.47. The van der Waals surface area contributed by atoms with E-state index >= 15 is 0 Å². The van der Waals surface area contributed by atoms with Crippen LogP contribution in [-0.2, 0) is 11.3 Å². The quantitative estimate of drug-likeness (QED) is 0.939. The fourth-order valence-electron chi connectivity index (χ4n) is 1.48. The molecule has 0 aliphatic heterocycles. The molecule has 0 aliphatic rings. The molecule has 2 aromatic heterocycles. The number of hydrogen-bond donors (Lipinski definition) is 1. The van der Waals surface area contributed by atoms with Crippen LogP contribution in [0.1, 0.15) is 12.7 Å². The first-order chi connectivity index (χ1) is 8.54. The van der Waals surface area contributed by atoms with E-state index < -0.39 is 0 Å². The first-order valence-corrected chi connectivity index (χ1v) is 6.26. The van der Waals surface area contributed by atoms with E-state index in [4.69, 9.17) is 4.52 Å². The van der Waals surface area contributed by atoms with Gasteiger partial charge in [-0.05, 0) is 22.9 Å². The van der Waals surface area contributed by atoms with E-state index in [9.17, 15) is 4.79 Å². The highest BCUT2D eigenvalue weighted by Gasteiger charge is 2.15. The van der Waals surface area contributed by atoms with Crippen LogP contribution < -0.4 is 5.32 Å². The Balaban J connectivity index is 1.92. The number of aryl methyl sites for hydroxylation is 1. The van der Waals surface area contributed by atoms with Crippen LogP contribution in [0.3, 0.4) is 0 Å². The average molecular weight is 313 g/mol. The molecule has 0 saturated heterocycles. The third kappa shape index (κ3) is 3.19. The van der Waals surface area contributed by atoms with Gasteiger partial charge in [0.2, 0.25) is 5.91 Å². The molecule has 2 aromatic rings. The molecule has 7 heteroatoms. The molecule has 0 unspecified atom stereocenters. The van der Waals surface area contributed by atoms with Crippen molar-refractivity contribution >= 4 is 27.7 Å². The van der Waals surface area contributed by atoms with Crippen molar-refractivity contribution < 1.29 is 9.32 Å². The molecule has 0 saturated carbocycles. The summed E-state index contributed by atoms with van der Waals surface area (Å²) in [6, 6.07) is 1.68. The predicted octanol–water partition coefficient (Wildman–Crippen LogP) is 2.22. The molecular formula is C11H13BrN4O2. The van der Waals surface area contributed by atoms with Crippen molar-refractivity contribution in [3.05, 3.63) is 28.7 Å². The lowest BCUT2D eigenvalue weighted by atomic mass is 10.1. The number of carbonyl (C=O) groups is 1. The van der Waals surface area contributed by atoms with Gasteiger partial charge in [0.1, 0.15) is 5.76 Å². The molecule has 0 spiro atoms. The molecule has 6 nitrogen and oxygen atoms in total. The SMILES string of the molecule is Cc1cc(NC(=O)[C@@H](C)Cn2cc(Br)cn2)no1. The molecule has 0 fully saturated rings. The lowest BCUT2D eigenvalue weighted by Gasteiger charge is -2.10. The average Bonchev–Trinajstić information content (AvgIpc) is 2.88. The zero-order valence-corrected chi connectivity index (χ0v) is 11.6. The summed E-state index contributed by atoms with van der Waals surface area (Å²) >= 11 is 3.31. The Kier molecular flexibility index (Phi) is 3.81. The summed E-state index contributed by atoms with van der Waals surface area (Å²) in [5.74, 6) is 0.767. The monoisotopic (exact) mass is 312 g/mol. The molecule has 96 valence electrons. The molecule has 2 heterocycles. The van der Waals surface area contributed by atoms with Gasteiger partial charge in [-0.1, -0.05) is 12.1 Å². The van der Waals surface area contributed by atoms with Crippen LogP contribution >= 0.6 is 15.9 Å². The Labute approximate surface area is 112 Å². The fourth-order valence-corrected chi connectivity index (χ4v) is 1.80. The van der Waals surface area contributed by atoms with Gasteiger partial charge in [-0.25, -0.2) is 0 Å². The number of halogens is 1. The molecule has 0 aliphatic carbocycles. The summed E-state index contributed by atoms with van der Waals surface area (Å²) in [5.41, 5.74) is 0. The Morgan fingerprint density at radius 2 is 2.44 bits per heavy atom. The zero-order chi connectivity index (χ0) is 13.1. The van der Waals surface area contributed by atoms with Crippen LogP contribution in [0.25, 0.3) is 0 Å². The molecule has 1 N–H and O–H groups in total. The highest BCUT2D eigenvalue weighted by atomic mass is 79.9.